The number of pyridine rings is 1. The average molecular weight is 266 g/mol. The number of aromatic nitrogens is 1. The van der Waals surface area contributed by atoms with Crippen LogP contribution in [0.1, 0.15) is 17.5 Å². The van der Waals surface area contributed by atoms with Crippen molar-refractivity contribution in [1.82, 2.24) is 4.98 Å². The van der Waals surface area contributed by atoms with E-state index in [4.69, 9.17) is 11.0 Å². The molecule has 0 fully saturated rings. The maximum Gasteiger partial charge on any atom is 0.151 e. The van der Waals surface area contributed by atoms with Crippen LogP contribution in [0.15, 0.2) is 42.6 Å². The normalized spacial score (nSPS) is 10.0. The molecule has 0 bridgehead atoms. The highest BCUT2D eigenvalue weighted by molar-refractivity contribution is 5.64. The lowest BCUT2D eigenvalue weighted by molar-refractivity contribution is 0.778. The van der Waals surface area contributed by atoms with E-state index in [-0.39, 0.29) is 0 Å². The van der Waals surface area contributed by atoms with Gasteiger partial charge in [-0.3, -0.25) is 0 Å². The summed E-state index contributed by atoms with van der Waals surface area (Å²) in [5.74, 6) is 0.733. The van der Waals surface area contributed by atoms with Crippen LogP contribution < -0.4 is 10.6 Å². The molecule has 1 aromatic heterocycles. The summed E-state index contributed by atoms with van der Waals surface area (Å²) in [4.78, 5) is 6.28. The molecule has 0 amide bonds. The first-order chi connectivity index (χ1) is 9.70. The van der Waals surface area contributed by atoms with Crippen molar-refractivity contribution in [2.75, 3.05) is 24.2 Å². The van der Waals surface area contributed by atoms with Crippen LogP contribution in [0.2, 0.25) is 0 Å². The van der Waals surface area contributed by atoms with Gasteiger partial charge in [0, 0.05) is 19.8 Å². The largest absolute Gasteiger partial charge is 0.396 e. The predicted molar refractivity (Wildman–Crippen MR) is 81.4 cm³/mol. The van der Waals surface area contributed by atoms with E-state index in [9.17, 15) is 0 Å². The second kappa shape index (κ2) is 6.58. The van der Waals surface area contributed by atoms with E-state index in [1.165, 1.54) is 5.56 Å². The van der Waals surface area contributed by atoms with Gasteiger partial charge in [0.25, 0.3) is 0 Å². The van der Waals surface area contributed by atoms with Crippen molar-refractivity contribution < 1.29 is 0 Å². The SMILES string of the molecule is CN(CCCc1ccccc1)c1ncc(C#N)cc1N. The van der Waals surface area contributed by atoms with Crippen LogP contribution in [0.5, 0.6) is 0 Å². The molecule has 0 saturated heterocycles. The molecule has 0 saturated carbocycles. The number of nitriles is 1. The number of anilines is 2. The molecule has 2 rings (SSSR count). The molecule has 1 aromatic carbocycles. The third-order valence-electron chi connectivity index (χ3n) is 3.19. The molecule has 1 heterocycles. The van der Waals surface area contributed by atoms with Crippen molar-refractivity contribution >= 4 is 11.5 Å². The lowest BCUT2D eigenvalue weighted by atomic mass is 10.1. The molecule has 0 aliphatic rings. The minimum atomic E-state index is 0.490. The Morgan fingerprint density at radius 1 is 1.30 bits per heavy atom. The Morgan fingerprint density at radius 2 is 2.05 bits per heavy atom. The highest BCUT2D eigenvalue weighted by Gasteiger charge is 2.07. The Labute approximate surface area is 119 Å². The molecule has 4 heteroatoms. The molecule has 20 heavy (non-hydrogen) atoms. The third kappa shape index (κ3) is 3.48. The summed E-state index contributed by atoms with van der Waals surface area (Å²) < 4.78 is 0. The van der Waals surface area contributed by atoms with Gasteiger partial charge in [0.2, 0.25) is 0 Å². The zero-order valence-corrected chi connectivity index (χ0v) is 11.6. The molecular weight excluding hydrogens is 248 g/mol. The first kappa shape index (κ1) is 13.9. The van der Waals surface area contributed by atoms with E-state index in [2.05, 4.69) is 29.2 Å². The molecule has 0 aliphatic carbocycles. The minimum absolute atomic E-state index is 0.490. The number of rotatable bonds is 5. The summed E-state index contributed by atoms with van der Waals surface area (Å²) in [5.41, 5.74) is 8.30. The van der Waals surface area contributed by atoms with Crippen LogP contribution in [-0.4, -0.2) is 18.6 Å². The van der Waals surface area contributed by atoms with Crippen molar-refractivity contribution in [2.45, 2.75) is 12.8 Å². The van der Waals surface area contributed by atoms with Gasteiger partial charge in [-0.05, 0) is 24.5 Å². The van der Waals surface area contributed by atoms with E-state index in [0.29, 0.717) is 11.3 Å². The quantitative estimate of drug-likeness (QED) is 0.903. The lowest BCUT2D eigenvalue weighted by Crippen LogP contribution is -2.21. The molecule has 4 nitrogen and oxygen atoms in total. The van der Waals surface area contributed by atoms with Crippen LogP contribution in [0.4, 0.5) is 11.5 Å². The van der Waals surface area contributed by atoms with Gasteiger partial charge in [-0.2, -0.15) is 5.26 Å². The van der Waals surface area contributed by atoms with Crippen molar-refractivity contribution in [3.8, 4) is 6.07 Å². The molecule has 0 unspecified atom stereocenters. The molecule has 0 atom stereocenters. The monoisotopic (exact) mass is 266 g/mol. The minimum Gasteiger partial charge on any atom is -0.396 e. The van der Waals surface area contributed by atoms with E-state index in [1.54, 1.807) is 12.3 Å². The number of hydrogen-bond donors (Lipinski definition) is 1. The topological polar surface area (TPSA) is 65.9 Å². The highest BCUT2D eigenvalue weighted by Crippen LogP contribution is 2.20. The molecule has 0 radical (unpaired) electrons. The Balaban J connectivity index is 1.92. The zero-order chi connectivity index (χ0) is 14.4. The third-order valence-corrected chi connectivity index (χ3v) is 3.19. The summed E-state index contributed by atoms with van der Waals surface area (Å²) >= 11 is 0. The number of nitrogen functional groups attached to an aromatic ring is 1. The van der Waals surface area contributed by atoms with E-state index >= 15 is 0 Å². The van der Waals surface area contributed by atoms with Gasteiger partial charge in [0.1, 0.15) is 6.07 Å². The Hall–Kier alpha value is -2.54. The lowest BCUT2D eigenvalue weighted by Gasteiger charge is -2.19. The van der Waals surface area contributed by atoms with E-state index in [0.717, 1.165) is 25.2 Å². The fourth-order valence-electron chi connectivity index (χ4n) is 2.13. The number of nitrogens with two attached hydrogens (primary N) is 1. The second-order valence-corrected chi connectivity index (χ2v) is 4.76. The first-order valence-electron chi connectivity index (χ1n) is 6.61. The van der Waals surface area contributed by atoms with E-state index < -0.39 is 0 Å². The zero-order valence-electron chi connectivity index (χ0n) is 11.6. The molecule has 0 spiro atoms. The van der Waals surface area contributed by atoms with Gasteiger partial charge in [0.05, 0.1) is 11.3 Å². The van der Waals surface area contributed by atoms with Gasteiger partial charge in [-0.25, -0.2) is 4.98 Å². The summed E-state index contributed by atoms with van der Waals surface area (Å²) in [6.45, 7) is 0.873. The van der Waals surface area contributed by atoms with Gasteiger partial charge >= 0.3 is 0 Å². The van der Waals surface area contributed by atoms with Crippen LogP contribution >= 0.6 is 0 Å². The summed E-state index contributed by atoms with van der Waals surface area (Å²) in [6, 6.07) is 14.1. The Bertz CT molecular complexity index is 602. The van der Waals surface area contributed by atoms with Gasteiger partial charge < -0.3 is 10.6 Å². The van der Waals surface area contributed by atoms with Crippen LogP contribution in [-0.2, 0) is 6.42 Å². The molecule has 2 N–H and O–H groups in total. The van der Waals surface area contributed by atoms with Crippen LogP contribution in [0, 0.1) is 11.3 Å². The number of hydrogen-bond acceptors (Lipinski definition) is 4. The van der Waals surface area contributed by atoms with Gasteiger partial charge in [-0.1, -0.05) is 30.3 Å². The number of benzene rings is 1. The maximum absolute atomic E-state index is 8.80. The summed E-state index contributed by atoms with van der Waals surface area (Å²) in [6.07, 6.45) is 3.61. The van der Waals surface area contributed by atoms with Crippen molar-refractivity contribution in [3.63, 3.8) is 0 Å². The van der Waals surface area contributed by atoms with Crippen LogP contribution in [0.25, 0.3) is 0 Å². The molecule has 102 valence electrons. The van der Waals surface area contributed by atoms with Crippen molar-refractivity contribution in [3.05, 3.63) is 53.7 Å². The Kier molecular flexibility index (Phi) is 4.56. The predicted octanol–water partition coefficient (Wildman–Crippen LogP) is 2.60. The first-order valence-corrected chi connectivity index (χ1v) is 6.61. The van der Waals surface area contributed by atoms with Gasteiger partial charge in [-0.15, -0.1) is 0 Å². The highest BCUT2D eigenvalue weighted by atomic mass is 15.2. The van der Waals surface area contributed by atoms with Crippen LogP contribution in [0.3, 0.4) is 0 Å². The standard InChI is InChI=1S/C16H18N4/c1-20(9-5-8-13-6-3-2-4-7-13)16-15(18)10-14(11-17)12-19-16/h2-4,6-7,10,12H,5,8-9,18H2,1H3. The fraction of sp³-hybridized carbons (Fsp3) is 0.250. The molecular formula is C16H18N4. The van der Waals surface area contributed by atoms with Crippen molar-refractivity contribution in [2.24, 2.45) is 0 Å². The van der Waals surface area contributed by atoms with Crippen molar-refractivity contribution in [1.29, 1.82) is 5.26 Å². The fourth-order valence-corrected chi connectivity index (χ4v) is 2.13. The van der Waals surface area contributed by atoms with Gasteiger partial charge in [0.15, 0.2) is 5.82 Å². The number of nitrogens with zero attached hydrogens (tertiary/aromatic N) is 3. The maximum atomic E-state index is 8.80. The summed E-state index contributed by atoms with van der Waals surface area (Å²) in [5, 5.41) is 8.80. The average Bonchev–Trinajstić information content (AvgIpc) is 2.48. The Morgan fingerprint density at radius 3 is 2.70 bits per heavy atom. The molecule has 0 aliphatic heterocycles. The summed E-state index contributed by atoms with van der Waals surface area (Å²) in [7, 11) is 1.97. The molecule has 2 aromatic rings. The number of aryl methyl sites for hydroxylation is 1. The smallest absolute Gasteiger partial charge is 0.151 e. The second-order valence-electron chi connectivity index (χ2n) is 4.76. The van der Waals surface area contributed by atoms with E-state index in [1.807, 2.05) is 24.1 Å².